The summed E-state index contributed by atoms with van der Waals surface area (Å²) in [7, 11) is 0. The first-order chi connectivity index (χ1) is 8.67. The number of fused-ring (bicyclic) bond motifs is 2. The zero-order valence-electron chi connectivity index (χ0n) is 10.7. The van der Waals surface area contributed by atoms with Gasteiger partial charge in [0.1, 0.15) is 0 Å². The third-order valence-corrected chi connectivity index (χ3v) is 3.30. The lowest BCUT2D eigenvalue weighted by molar-refractivity contribution is 0.0951. The lowest BCUT2D eigenvalue weighted by Gasteiger charge is -2.18. The lowest BCUT2D eigenvalue weighted by atomic mass is 9.88. The van der Waals surface area contributed by atoms with Gasteiger partial charge in [-0.2, -0.15) is 4.98 Å². The maximum atomic E-state index is 12.0. The molecule has 1 aliphatic rings. The molecule has 0 saturated heterocycles. The monoisotopic (exact) mass is 244 g/mol. The summed E-state index contributed by atoms with van der Waals surface area (Å²) >= 11 is 0. The summed E-state index contributed by atoms with van der Waals surface area (Å²) in [6, 6.07) is 0. The van der Waals surface area contributed by atoms with Gasteiger partial charge in [-0.3, -0.25) is 4.79 Å². The maximum Gasteiger partial charge on any atom is 0.252 e. The predicted molar refractivity (Wildman–Crippen MR) is 66.6 cm³/mol. The molecule has 2 aromatic rings. The number of hydrogen-bond acceptors (Lipinski definition) is 4. The number of aromatic nitrogens is 4. The smallest absolute Gasteiger partial charge is 0.252 e. The van der Waals surface area contributed by atoms with Gasteiger partial charge in [0.2, 0.25) is 0 Å². The number of nitrogens with zero attached hydrogens (tertiary/aromatic N) is 4. The number of Topliss-reactive ketones (excluding diaryl/α,β-unsaturated/α-hetero) is 1. The second-order valence-electron chi connectivity index (χ2n) is 5.06. The Morgan fingerprint density at radius 2 is 2.22 bits per heavy atom. The lowest BCUT2D eigenvalue weighted by Crippen LogP contribution is -2.20. The number of rotatable bonds is 2. The van der Waals surface area contributed by atoms with Crippen molar-refractivity contribution in [2.45, 2.75) is 39.5 Å². The Balaban J connectivity index is 2.12. The molecule has 2 aromatic heterocycles. The summed E-state index contributed by atoms with van der Waals surface area (Å²) < 4.78 is 1.64. The minimum atomic E-state index is 0.172. The van der Waals surface area contributed by atoms with Crippen LogP contribution in [0.5, 0.6) is 0 Å². The number of ketones is 1. The van der Waals surface area contributed by atoms with Crippen LogP contribution in [0.25, 0.3) is 5.78 Å². The summed E-state index contributed by atoms with van der Waals surface area (Å²) in [5.74, 6) is 1.95. The highest BCUT2D eigenvalue weighted by Gasteiger charge is 2.24. The molecule has 0 aliphatic heterocycles. The van der Waals surface area contributed by atoms with Crippen LogP contribution >= 0.6 is 0 Å². The van der Waals surface area contributed by atoms with Crippen LogP contribution in [-0.4, -0.2) is 25.4 Å². The van der Waals surface area contributed by atoms with Gasteiger partial charge in [-0.05, 0) is 18.8 Å². The predicted octanol–water partition coefficient (Wildman–Crippen LogP) is 1.84. The Morgan fingerprint density at radius 3 is 3.00 bits per heavy atom. The van der Waals surface area contributed by atoms with E-state index in [0.29, 0.717) is 23.7 Å². The van der Waals surface area contributed by atoms with Crippen molar-refractivity contribution in [1.82, 2.24) is 19.6 Å². The van der Waals surface area contributed by atoms with Crippen molar-refractivity contribution in [2.75, 3.05) is 0 Å². The maximum absolute atomic E-state index is 12.0. The molecule has 1 aliphatic carbocycles. The van der Waals surface area contributed by atoms with Gasteiger partial charge in [0.15, 0.2) is 11.6 Å². The molecule has 1 unspecified atom stereocenters. The number of aryl methyl sites for hydroxylation is 1. The van der Waals surface area contributed by atoms with Crippen molar-refractivity contribution in [1.29, 1.82) is 0 Å². The van der Waals surface area contributed by atoms with E-state index in [1.54, 1.807) is 10.7 Å². The minimum Gasteiger partial charge on any atom is -0.294 e. The fourth-order valence-corrected chi connectivity index (χ4v) is 2.45. The Kier molecular flexibility index (Phi) is 2.61. The van der Waals surface area contributed by atoms with Gasteiger partial charge >= 0.3 is 0 Å². The van der Waals surface area contributed by atoms with E-state index < -0.39 is 0 Å². The first-order valence-corrected chi connectivity index (χ1v) is 6.45. The van der Waals surface area contributed by atoms with Crippen LogP contribution in [0, 0.1) is 5.92 Å². The molecule has 5 nitrogen and oxygen atoms in total. The summed E-state index contributed by atoms with van der Waals surface area (Å²) in [5.41, 5.74) is 1.59. The Hall–Kier alpha value is -1.78. The normalized spacial score (nSPS) is 19.2. The third kappa shape index (κ3) is 1.79. The third-order valence-electron chi connectivity index (χ3n) is 3.30. The molecule has 0 aromatic carbocycles. The molecule has 0 saturated carbocycles. The molecule has 0 N–H and O–H groups in total. The molecule has 94 valence electrons. The van der Waals surface area contributed by atoms with Gasteiger partial charge in [0.05, 0.1) is 11.3 Å². The van der Waals surface area contributed by atoms with Gasteiger partial charge in [-0.1, -0.05) is 13.8 Å². The fraction of sp³-hybridized carbons (Fsp3) is 0.538. The van der Waals surface area contributed by atoms with Crippen molar-refractivity contribution < 1.29 is 4.79 Å². The molecular weight excluding hydrogens is 228 g/mol. The molecule has 0 bridgehead atoms. The molecule has 18 heavy (non-hydrogen) atoms. The minimum absolute atomic E-state index is 0.172. The van der Waals surface area contributed by atoms with Crippen LogP contribution in [0.2, 0.25) is 0 Å². The topological polar surface area (TPSA) is 60.1 Å². The Labute approximate surface area is 105 Å². The largest absolute Gasteiger partial charge is 0.294 e. The fourth-order valence-electron chi connectivity index (χ4n) is 2.45. The molecule has 5 heteroatoms. The highest BCUT2D eigenvalue weighted by Crippen LogP contribution is 2.23. The molecule has 3 rings (SSSR count). The van der Waals surface area contributed by atoms with Crippen molar-refractivity contribution >= 4 is 11.6 Å². The van der Waals surface area contributed by atoms with Crippen LogP contribution in [0.15, 0.2) is 6.20 Å². The molecule has 0 spiro atoms. The van der Waals surface area contributed by atoms with Crippen molar-refractivity contribution in [3.8, 4) is 0 Å². The second kappa shape index (κ2) is 4.15. The molecule has 2 heterocycles. The van der Waals surface area contributed by atoms with Crippen LogP contribution in [0.1, 0.15) is 48.6 Å². The molecule has 0 amide bonds. The van der Waals surface area contributed by atoms with Crippen LogP contribution < -0.4 is 0 Å². The number of carbonyl (C=O) groups is 1. The van der Waals surface area contributed by atoms with E-state index >= 15 is 0 Å². The zero-order chi connectivity index (χ0) is 12.7. The molecular formula is C13H16N4O. The van der Waals surface area contributed by atoms with E-state index in [-0.39, 0.29) is 5.78 Å². The van der Waals surface area contributed by atoms with Crippen molar-refractivity contribution in [3.63, 3.8) is 0 Å². The van der Waals surface area contributed by atoms with E-state index in [1.807, 2.05) is 0 Å². The van der Waals surface area contributed by atoms with Crippen LogP contribution in [0.4, 0.5) is 0 Å². The van der Waals surface area contributed by atoms with E-state index in [4.69, 9.17) is 0 Å². The average Bonchev–Trinajstić information content (AvgIpc) is 2.68. The number of hydrogen-bond donors (Lipinski definition) is 0. The van der Waals surface area contributed by atoms with E-state index in [9.17, 15) is 4.79 Å². The second-order valence-corrected chi connectivity index (χ2v) is 5.06. The highest BCUT2D eigenvalue weighted by molar-refractivity contribution is 5.98. The molecule has 0 fully saturated rings. The van der Waals surface area contributed by atoms with Gasteiger partial charge < -0.3 is 0 Å². The summed E-state index contributed by atoms with van der Waals surface area (Å²) in [6.45, 7) is 4.17. The highest BCUT2D eigenvalue weighted by atomic mass is 16.1. The standard InChI is InChI=1S/C13H16N4O/c1-3-4-12-15-13-14-10-5-8(2)6-11(18)9(10)7-17(13)16-12/h7-8H,3-6H2,1-2H3. The SMILES string of the molecule is CCCc1nc2nc3c(cn2n1)C(=O)CC(C)C3. The van der Waals surface area contributed by atoms with Gasteiger partial charge in [0, 0.05) is 19.0 Å². The van der Waals surface area contributed by atoms with Gasteiger partial charge in [-0.15, -0.1) is 5.10 Å². The van der Waals surface area contributed by atoms with Crippen molar-refractivity contribution in [2.24, 2.45) is 5.92 Å². The van der Waals surface area contributed by atoms with E-state index in [1.165, 1.54) is 0 Å². The quantitative estimate of drug-likeness (QED) is 0.808. The van der Waals surface area contributed by atoms with Crippen LogP contribution in [0.3, 0.4) is 0 Å². The first kappa shape index (κ1) is 11.3. The van der Waals surface area contributed by atoms with Gasteiger partial charge in [0.25, 0.3) is 5.78 Å². The first-order valence-electron chi connectivity index (χ1n) is 6.45. The van der Waals surface area contributed by atoms with E-state index in [2.05, 4.69) is 28.9 Å². The number of carbonyl (C=O) groups excluding carboxylic acids is 1. The summed E-state index contributed by atoms with van der Waals surface area (Å²) in [4.78, 5) is 20.8. The Morgan fingerprint density at radius 1 is 1.39 bits per heavy atom. The molecule has 0 radical (unpaired) electrons. The average molecular weight is 244 g/mol. The van der Waals surface area contributed by atoms with Crippen molar-refractivity contribution in [3.05, 3.63) is 23.3 Å². The van der Waals surface area contributed by atoms with E-state index in [0.717, 1.165) is 30.8 Å². The van der Waals surface area contributed by atoms with Gasteiger partial charge in [-0.25, -0.2) is 9.50 Å². The summed E-state index contributed by atoms with van der Waals surface area (Å²) in [6.07, 6.45) is 5.10. The summed E-state index contributed by atoms with van der Waals surface area (Å²) in [5, 5.41) is 4.35. The molecule has 1 atom stereocenters. The Bertz CT molecular complexity index is 617. The van der Waals surface area contributed by atoms with Crippen LogP contribution in [-0.2, 0) is 12.8 Å². The zero-order valence-corrected chi connectivity index (χ0v) is 10.7.